The van der Waals surface area contributed by atoms with Crippen LogP contribution in [-0.4, -0.2) is 21.1 Å². The number of ketones is 1. The summed E-state index contributed by atoms with van der Waals surface area (Å²) in [6, 6.07) is 2.03. The van der Waals surface area contributed by atoms with Gasteiger partial charge in [0.2, 0.25) is 0 Å². The summed E-state index contributed by atoms with van der Waals surface area (Å²) < 4.78 is 1.92. The lowest BCUT2D eigenvalue weighted by molar-refractivity contribution is -0.123. The van der Waals surface area contributed by atoms with Crippen molar-refractivity contribution in [2.24, 2.45) is 11.7 Å². The van der Waals surface area contributed by atoms with Crippen LogP contribution in [0.4, 0.5) is 0 Å². The second-order valence-corrected chi connectivity index (χ2v) is 5.45. The molecule has 4 nitrogen and oxygen atoms in total. The molecule has 0 saturated heterocycles. The zero-order valence-corrected chi connectivity index (χ0v) is 11.6. The lowest BCUT2D eigenvalue weighted by Crippen LogP contribution is -2.48. The van der Waals surface area contributed by atoms with E-state index in [1.807, 2.05) is 24.6 Å². The first-order valence-corrected chi connectivity index (χ1v) is 6.86. The maximum Gasteiger partial charge on any atom is 0.158 e. The number of aromatic nitrogens is 2. The Balaban J connectivity index is 2.13. The van der Waals surface area contributed by atoms with Crippen LogP contribution in [0, 0.1) is 5.92 Å². The number of rotatable bonds is 6. The van der Waals surface area contributed by atoms with Crippen molar-refractivity contribution >= 4 is 5.78 Å². The van der Waals surface area contributed by atoms with Crippen molar-refractivity contribution in [3.05, 3.63) is 17.5 Å². The van der Waals surface area contributed by atoms with E-state index in [4.69, 9.17) is 5.73 Å². The van der Waals surface area contributed by atoms with Crippen molar-refractivity contribution in [3.8, 4) is 0 Å². The minimum absolute atomic E-state index is 0.141. The molecule has 1 aromatic heterocycles. The molecule has 0 aromatic carbocycles. The van der Waals surface area contributed by atoms with Crippen molar-refractivity contribution in [3.63, 3.8) is 0 Å². The molecule has 0 radical (unpaired) electrons. The smallest absolute Gasteiger partial charge is 0.158 e. The first kappa shape index (κ1) is 13.3. The molecule has 1 heterocycles. The fraction of sp³-hybridized carbons (Fsp3) is 0.714. The molecular formula is C14H23N3O. The molecule has 1 saturated carbocycles. The van der Waals surface area contributed by atoms with E-state index in [0.717, 1.165) is 37.2 Å². The maximum absolute atomic E-state index is 12.3. The highest BCUT2D eigenvalue weighted by atomic mass is 16.1. The summed E-state index contributed by atoms with van der Waals surface area (Å²) in [5, 5.41) is 4.47. The third-order valence-corrected chi connectivity index (χ3v) is 3.94. The Morgan fingerprint density at radius 3 is 2.72 bits per heavy atom. The first-order valence-electron chi connectivity index (χ1n) is 6.86. The van der Waals surface area contributed by atoms with Gasteiger partial charge in [-0.05, 0) is 45.1 Å². The molecule has 100 valence electrons. The third-order valence-electron chi connectivity index (χ3n) is 3.94. The van der Waals surface area contributed by atoms with Gasteiger partial charge in [0.25, 0.3) is 0 Å². The monoisotopic (exact) mass is 249 g/mol. The maximum atomic E-state index is 12.3. The van der Waals surface area contributed by atoms with Gasteiger partial charge in [0.05, 0.1) is 17.7 Å². The van der Waals surface area contributed by atoms with Gasteiger partial charge in [0.1, 0.15) is 0 Å². The van der Waals surface area contributed by atoms with Crippen LogP contribution in [0.3, 0.4) is 0 Å². The summed E-state index contributed by atoms with van der Waals surface area (Å²) in [4.78, 5) is 12.3. The van der Waals surface area contributed by atoms with Crippen LogP contribution in [0.5, 0.6) is 0 Å². The molecule has 4 heteroatoms. The van der Waals surface area contributed by atoms with Gasteiger partial charge in [-0.15, -0.1) is 0 Å². The Kier molecular flexibility index (Phi) is 3.57. The largest absolute Gasteiger partial charge is 0.319 e. The van der Waals surface area contributed by atoms with E-state index in [1.165, 1.54) is 0 Å². The zero-order chi connectivity index (χ0) is 13.3. The van der Waals surface area contributed by atoms with Gasteiger partial charge in [-0.25, -0.2) is 0 Å². The molecule has 0 spiro atoms. The molecule has 18 heavy (non-hydrogen) atoms. The molecular weight excluding hydrogens is 226 g/mol. The summed E-state index contributed by atoms with van der Waals surface area (Å²) in [6.07, 6.45) is 3.49. The molecule has 0 amide bonds. The molecule has 0 aliphatic heterocycles. The Morgan fingerprint density at radius 1 is 1.56 bits per heavy atom. The van der Waals surface area contributed by atoms with E-state index < -0.39 is 5.54 Å². The molecule has 1 unspecified atom stereocenters. The molecule has 1 aliphatic rings. The van der Waals surface area contributed by atoms with Crippen molar-refractivity contribution in [1.29, 1.82) is 0 Å². The van der Waals surface area contributed by atoms with E-state index in [1.54, 1.807) is 0 Å². The topological polar surface area (TPSA) is 60.9 Å². The number of hydrogen-bond acceptors (Lipinski definition) is 3. The van der Waals surface area contributed by atoms with Gasteiger partial charge in [0.15, 0.2) is 5.78 Å². The Morgan fingerprint density at radius 2 is 2.22 bits per heavy atom. The molecule has 1 aliphatic carbocycles. The van der Waals surface area contributed by atoms with E-state index in [0.29, 0.717) is 12.3 Å². The Hall–Kier alpha value is -1.16. The summed E-state index contributed by atoms with van der Waals surface area (Å²) in [7, 11) is 0. The first-order chi connectivity index (χ1) is 8.48. The highest BCUT2D eigenvalue weighted by Crippen LogP contribution is 2.38. The number of nitrogens with zero attached hydrogens (tertiary/aromatic N) is 2. The number of nitrogens with two attached hydrogens (primary N) is 1. The minimum atomic E-state index is -0.658. The molecule has 2 rings (SSSR count). The van der Waals surface area contributed by atoms with Crippen LogP contribution in [-0.2, 0) is 24.2 Å². The molecule has 1 fully saturated rings. The fourth-order valence-corrected chi connectivity index (χ4v) is 2.37. The van der Waals surface area contributed by atoms with Crippen LogP contribution in [0.1, 0.15) is 45.0 Å². The van der Waals surface area contributed by atoms with E-state index in [-0.39, 0.29) is 5.78 Å². The minimum Gasteiger partial charge on any atom is -0.319 e. The number of hydrogen-bond donors (Lipinski definition) is 1. The van der Waals surface area contributed by atoms with E-state index >= 15 is 0 Å². The predicted octanol–water partition coefficient (Wildman–Crippen LogP) is 1.70. The standard InChI is InChI=1S/C14H23N3O/c1-4-11-8-12(17(5-2)16-11)9-13(18)14(3,15)10-6-7-10/h8,10H,4-7,9,15H2,1-3H3. The summed E-state index contributed by atoms with van der Waals surface area (Å²) in [5.74, 6) is 0.524. The van der Waals surface area contributed by atoms with Crippen LogP contribution >= 0.6 is 0 Å². The second-order valence-electron chi connectivity index (χ2n) is 5.45. The Labute approximate surface area is 109 Å². The summed E-state index contributed by atoms with van der Waals surface area (Å²) >= 11 is 0. The van der Waals surface area contributed by atoms with Gasteiger partial charge in [0, 0.05) is 12.2 Å². The summed E-state index contributed by atoms with van der Waals surface area (Å²) in [6.45, 7) is 6.79. The van der Waals surface area contributed by atoms with Gasteiger partial charge in [-0.2, -0.15) is 5.10 Å². The van der Waals surface area contributed by atoms with Crippen LogP contribution in [0.15, 0.2) is 6.07 Å². The average Bonchev–Trinajstić information content (AvgIpc) is 3.12. The van der Waals surface area contributed by atoms with Crippen LogP contribution < -0.4 is 5.73 Å². The SMILES string of the molecule is CCc1cc(CC(=O)C(C)(N)C2CC2)n(CC)n1. The van der Waals surface area contributed by atoms with Crippen LogP contribution in [0.2, 0.25) is 0 Å². The fourth-order valence-electron chi connectivity index (χ4n) is 2.37. The molecule has 2 N–H and O–H groups in total. The lowest BCUT2D eigenvalue weighted by Gasteiger charge is -2.22. The molecule has 0 bridgehead atoms. The Bertz CT molecular complexity index is 444. The van der Waals surface area contributed by atoms with Crippen molar-refractivity contribution < 1.29 is 4.79 Å². The highest BCUT2D eigenvalue weighted by molar-refractivity contribution is 5.90. The molecule has 1 atom stereocenters. The van der Waals surface area contributed by atoms with E-state index in [2.05, 4.69) is 12.0 Å². The summed E-state index contributed by atoms with van der Waals surface area (Å²) in [5.41, 5.74) is 7.55. The third kappa shape index (κ3) is 2.48. The normalized spacial score (nSPS) is 18.7. The zero-order valence-electron chi connectivity index (χ0n) is 11.6. The average molecular weight is 249 g/mol. The van der Waals surface area contributed by atoms with Gasteiger partial charge >= 0.3 is 0 Å². The van der Waals surface area contributed by atoms with Crippen molar-refractivity contribution in [2.45, 2.75) is 58.5 Å². The highest BCUT2D eigenvalue weighted by Gasteiger charge is 2.43. The predicted molar refractivity (Wildman–Crippen MR) is 71.3 cm³/mol. The van der Waals surface area contributed by atoms with Crippen molar-refractivity contribution in [1.82, 2.24) is 9.78 Å². The van der Waals surface area contributed by atoms with Gasteiger partial charge in [-0.3, -0.25) is 9.48 Å². The van der Waals surface area contributed by atoms with Gasteiger partial charge in [-0.1, -0.05) is 6.92 Å². The number of Topliss-reactive ketones (excluding diaryl/α,β-unsaturated/α-hetero) is 1. The van der Waals surface area contributed by atoms with Crippen molar-refractivity contribution in [2.75, 3.05) is 0 Å². The quantitative estimate of drug-likeness (QED) is 0.834. The van der Waals surface area contributed by atoms with E-state index in [9.17, 15) is 4.79 Å². The van der Waals surface area contributed by atoms with Gasteiger partial charge < -0.3 is 5.73 Å². The van der Waals surface area contributed by atoms with Crippen LogP contribution in [0.25, 0.3) is 0 Å². The number of carbonyl (C=O) groups excluding carboxylic acids is 1. The second kappa shape index (κ2) is 4.84. The lowest BCUT2D eigenvalue weighted by atomic mass is 9.89. The molecule has 1 aromatic rings. The number of carbonyl (C=O) groups is 1. The number of aryl methyl sites for hydroxylation is 2.